The van der Waals surface area contributed by atoms with Crippen molar-refractivity contribution in [2.45, 2.75) is 0 Å². The molecule has 0 amide bonds. The molecule has 0 saturated carbocycles. The Morgan fingerprint density at radius 1 is 0.633 bits per heavy atom. The Hall–Kier alpha value is -4.68. The Kier molecular flexibility index (Phi) is 3.21. The lowest BCUT2D eigenvalue weighted by molar-refractivity contribution is 1.20. The number of nitrogens with zero attached hydrogens (tertiary/aromatic N) is 6. The van der Waals surface area contributed by atoms with Crippen molar-refractivity contribution in [2.75, 3.05) is 0 Å². The summed E-state index contributed by atoms with van der Waals surface area (Å²) in [7, 11) is 0. The highest BCUT2D eigenvalue weighted by Crippen LogP contribution is 2.38. The summed E-state index contributed by atoms with van der Waals surface area (Å²) in [5, 5.41) is 24.8. The standard InChI is InChI=1S/C24H10N6/c25-11-14-9-18-17-6-5-13-3-1-2-4-16(13)20(17)22-21(19(18)10-15(14)12-26)29-23-24(30-22)28-8-7-27-23/h1-10H. The third-order valence-electron chi connectivity index (χ3n) is 5.43. The van der Waals surface area contributed by atoms with E-state index in [0.29, 0.717) is 33.5 Å². The van der Waals surface area contributed by atoms with Crippen molar-refractivity contribution in [1.29, 1.82) is 10.5 Å². The van der Waals surface area contributed by atoms with Crippen molar-refractivity contribution in [1.82, 2.24) is 19.9 Å². The molecule has 30 heavy (non-hydrogen) atoms. The normalized spacial score (nSPS) is 11.3. The summed E-state index contributed by atoms with van der Waals surface area (Å²) in [5.41, 5.74) is 2.90. The van der Waals surface area contributed by atoms with Crippen LogP contribution in [0.5, 0.6) is 0 Å². The van der Waals surface area contributed by atoms with Crippen LogP contribution < -0.4 is 0 Å². The van der Waals surface area contributed by atoms with Crippen LogP contribution in [0.2, 0.25) is 0 Å². The molecule has 0 fully saturated rings. The summed E-state index contributed by atoms with van der Waals surface area (Å²) in [6.07, 6.45) is 3.17. The maximum Gasteiger partial charge on any atom is 0.198 e. The number of fused-ring (bicyclic) bond motifs is 9. The molecule has 2 heterocycles. The molecule has 6 heteroatoms. The molecule has 6 aromatic rings. The van der Waals surface area contributed by atoms with E-state index in [1.165, 1.54) is 0 Å². The molecule has 4 aromatic carbocycles. The van der Waals surface area contributed by atoms with Crippen LogP contribution in [0.25, 0.3) is 54.6 Å². The van der Waals surface area contributed by atoms with Crippen LogP contribution in [-0.2, 0) is 0 Å². The van der Waals surface area contributed by atoms with E-state index in [4.69, 9.17) is 9.97 Å². The van der Waals surface area contributed by atoms with Gasteiger partial charge in [-0.1, -0.05) is 36.4 Å². The van der Waals surface area contributed by atoms with Gasteiger partial charge < -0.3 is 0 Å². The van der Waals surface area contributed by atoms with E-state index in [1.807, 2.05) is 18.2 Å². The van der Waals surface area contributed by atoms with Crippen molar-refractivity contribution in [2.24, 2.45) is 0 Å². The lowest BCUT2D eigenvalue weighted by atomic mass is 9.92. The van der Waals surface area contributed by atoms with Crippen molar-refractivity contribution >= 4 is 54.6 Å². The number of hydrogen-bond donors (Lipinski definition) is 0. The lowest BCUT2D eigenvalue weighted by Crippen LogP contribution is -1.96. The fourth-order valence-electron chi connectivity index (χ4n) is 4.12. The van der Waals surface area contributed by atoms with Crippen LogP contribution >= 0.6 is 0 Å². The monoisotopic (exact) mass is 382 g/mol. The van der Waals surface area contributed by atoms with Crippen LogP contribution in [0, 0.1) is 22.7 Å². The van der Waals surface area contributed by atoms with Crippen LogP contribution in [0.15, 0.2) is 60.9 Å². The first kappa shape index (κ1) is 16.3. The molecule has 0 spiro atoms. The molecular formula is C24H10N6. The lowest BCUT2D eigenvalue weighted by Gasteiger charge is -2.12. The Labute approximate surface area is 169 Å². The number of hydrogen-bond acceptors (Lipinski definition) is 6. The minimum atomic E-state index is 0.312. The number of aromatic nitrogens is 4. The molecular weight excluding hydrogens is 372 g/mol. The Morgan fingerprint density at radius 2 is 1.30 bits per heavy atom. The first-order valence-electron chi connectivity index (χ1n) is 9.28. The Morgan fingerprint density at radius 3 is 2.03 bits per heavy atom. The zero-order valence-corrected chi connectivity index (χ0v) is 15.5. The predicted molar refractivity (Wildman–Crippen MR) is 115 cm³/mol. The molecule has 0 saturated heterocycles. The van der Waals surface area contributed by atoms with Gasteiger partial charge in [0.05, 0.1) is 16.6 Å². The van der Waals surface area contributed by atoms with Gasteiger partial charge in [0, 0.05) is 23.2 Å². The molecule has 0 radical (unpaired) electrons. The third-order valence-corrected chi connectivity index (χ3v) is 5.43. The fraction of sp³-hybridized carbons (Fsp3) is 0. The number of rotatable bonds is 0. The summed E-state index contributed by atoms with van der Waals surface area (Å²) in [4.78, 5) is 18.2. The molecule has 0 bridgehead atoms. The highest BCUT2D eigenvalue weighted by atomic mass is 15.0. The van der Waals surface area contributed by atoms with Gasteiger partial charge in [-0.15, -0.1) is 0 Å². The van der Waals surface area contributed by atoms with Gasteiger partial charge in [-0.05, 0) is 33.7 Å². The molecule has 0 unspecified atom stereocenters. The average Bonchev–Trinajstić information content (AvgIpc) is 2.81. The minimum Gasteiger partial charge on any atom is -0.232 e. The van der Waals surface area contributed by atoms with Crippen LogP contribution in [0.1, 0.15) is 11.1 Å². The van der Waals surface area contributed by atoms with Crippen molar-refractivity contribution < 1.29 is 0 Å². The van der Waals surface area contributed by atoms with Gasteiger partial charge in [-0.2, -0.15) is 10.5 Å². The second-order valence-electron chi connectivity index (χ2n) is 7.00. The van der Waals surface area contributed by atoms with Gasteiger partial charge in [-0.3, -0.25) is 0 Å². The zero-order valence-electron chi connectivity index (χ0n) is 15.5. The quantitative estimate of drug-likeness (QED) is 0.277. The van der Waals surface area contributed by atoms with Crippen LogP contribution in [0.3, 0.4) is 0 Å². The molecule has 0 N–H and O–H groups in total. The van der Waals surface area contributed by atoms with Crippen LogP contribution in [-0.4, -0.2) is 19.9 Å². The summed E-state index contributed by atoms with van der Waals surface area (Å²) < 4.78 is 0. The van der Waals surface area contributed by atoms with Gasteiger partial charge in [0.1, 0.15) is 17.7 Å². The second-order valence-corrected chi connectivity index (χ2v) is 7.00. The molecule has 6 nitrogen and oxygen atoms in total. The van der Waals surface area contributed by atoms with Gasteiger partial charge in [0.2, 0.25) is 0 Å². The van der Waals surface area contributed by atoms with E-state index >= 15 is 0 Å². The van der Waals surface area contributed by atoms with E-state index in [-0.39, 0.29) is 0 Å². The first-order valence-corrected chi connectivity index (χ1v) is 9.28. The Balaban J connectivity index is 2.00. The highest BCUT2D eigenvalue weighted by molar-refractivity contribution is 6.30. The van der Waals surface area contributed by atoms with E-state index < -0.39 is 0 Å². The minimum absolute atomic E-state index is 0.312. The molecule has 0 aliphatic heterocycles. The maximum absolute atomic E-state index is 9.56. The van der Waals surface area contributed by atoms with E-state index in [2.05, 4.69) is 40.3 Å². The average molecular weight is 382 g/mol. The van der Waals surface area contributed by atoms with Crippen LogP contribution in [0.4, 0.5) is 0 Å². The van der Waals surface area contributed by atoms with Crippen molar-refractivity contribution in [3.05, 3.63) is 72.1 Å². The second kappa shape index (κ2) is 5.91. The zero-order chi connectivity index (χ0) is 20.2. The summed E-state index contributed by atoms with van der Waals surface area (Å²) in [6.45, 7) is 0. The molecule has 136 valence electrons. The molecule has 2 aromatic heterocycles. The summed E-state index contributed by atoms with van der Waals surface area (Å²) >= 11 is 0. The van der Waals surface area contributed by atoms with Crippen molar-refractivity contribution in [3.63, 3.8) is 0 Å². The number of nitriles is 2. The van der Waals surface area contributed by atoms with Gasteiger partial charge in [0.25, 0.3) is 0 Å². The van der Waals surface area contributed by atoms with E-state index in [0.717, 1.165) is 32.3 Å². The summed E-state index contributed by atoms with van der Waals surface area (Å²) in [6, 6.07) is 19.9. The topological polar surface area (TPSA) is 99.1 Å². The molecule has 0 aliphatic rings. The van der Waals surface area contributed by atoms with Gasteiger partial charge in [-0.25, -0.2) is 19.9 Å². The smallest absolute Gasteiger partial charge is 0.198 e. The van der Waals surface area contributed by atoms with Gasteiger partial charge in [0.15, 0.2) is 11.3 Å². The largest absolute Gasteiger partial charge is 0.232 e. The highest BCUT2D eigenvalue weighted by Gasteiger charge is 2.17. The predicted octanol–water partition coefficient (Wildman–Crippen LogP) is 4.78. The van der Waals surface area contributed by atoms with E-state index in [1.54, 1.807) is 24.5 Å². The number of benzene rings is 4. The molecule has 0 aliphatic carbocycles. The third kappa shape index (κ3) is 2.10. The fourth-order valence-corrected chi connectivity index (χ4v) is 4.12. The molecule has 6 rings (SSSR count). The summed E-state index contributed by atoms with van der Waals surface area (Å²) in [5.74, 6) is 0. The van der Waals surface area contributed by atoms with Gasteiger partial charge >= 0.3 is 0 Å². The van der Waals surface area contributed by atoms with E-state index in [9.17, 15) is 10.5 Å². The SMILES string of the molecule is N#Cc1cc2c(cc1C#N)c1nc3nccnc3nc1c1c3ccccc3ccc21. The first-order chi connectivity index (χ1) is 14.8. The maximum atomic E-state index is 9.56. The Bertz CT molecular complexity index is 1740. The molecule has 0 atom stereocenters. The van der Waals surface area contributed by atoms with Crippen molar-refractivity contribution in [3.8, 4) is 12.1 Å².